The Hall–Kier alpha value is -1.09. The van der Waals surface area contributed by atoms with Gasteiger partial charge in [-0.15, -0.1) is 0 Å². The molecule has 2 atom stereocenters. The van der Waals surface area contributed by atoms with Gasteiger partial charge in [-0.1, -0.05) is 20.3 Å². The zero-order chi connectivity index (χ0) is 13.8. The van der Waals surface area contributed by atoms with Crippen molar-refractivity contribution in [1.29, 1.82) is 0 Å². The predicted molar refractivity (Wildman–Crippen MR) is 79.2 cm³/mol. The third kappa shape index (κ3) is 3.69. The quantitative estimate of drug-likeness (QED) is 0.900. The molecule has 1 N–H and O–H groups in total. The fourth-order valence-electron chi connectivity index (χ4n) is 2.75. The Balaban J connectivity index is 2.17. The third-order valence-corrected chi connectivity index (χ3v) is 4.15. The fraction of sp³-hybridized carbons (Fsp3) is 0.625. The summed E-state index contributed by atoms with van der Waals surface area (Å²) >= 11 is 0. The van der Waals surface area contributed by atoms with Gasteiger partial charge in [0.15, 0.2) is 0 Å². The van der Waals surface area contributed by atoms with E-state index in [0.717, 1.165) is 37.3 Å². The third-order valence-electron chi connectivity index (χ3n) is 4.15. The molecule has 0 aromatic heterocycles. The molecule has 0 amide bonds. The number of hydrogen-bond donors (Lipinski definition) is 1. The van der Waals surface area contributed by atoms with Crippen molar-refractivity contribution in [3.8, 4) is 0 Å². The Morgan fingerprint density at radius 1 is 1.42 bits per heavy atom. The van der Waals surface area contributed by atoms with Crippen LogP contribution in [0.5, 0.6) is 0 Å². The zero-order valence-electron chi connectivity index (χ0n) is 12.2. The largest absolute Gasteiger partial charge is 0.370 e. The second-order valence-corrected chi connectivity index (χ2v) is 5.73. The first-order valence-corrected chi connectivity index (χ1v) is 7.35. The Morgan fingerprint density at radius 2 is 2.21 bits per heavy atom. The lowest BCUT2D eigenvalue weighted by molar-refractivity contribution is 0.384. The van der Waals surface area contributed by atoms with Crippen LogP contribution >= 0.6 is 0 Å². The molecule has 0 bridgehead atoms. The molecule has 1 aromatic carbocycles. The van der Waals surface area contributed by atoms with Crippen LogP contribution in [0.3, 0.4) is 0 Å². The molecular weight excluding hydrogens is 239 g/mol. The van der Waals surface area contributed by atoms with Gasteiger partial charge in [0.25, 0.3) is 0 Å². The number of rotatable bonds is 3. The van der Waals surface area contributed by atoms with Crippen molar-refractivity contribution in [3.63, 3.8) is 0 Å². The molecule has 2 rings (SSSR count). The van der Waals surface area contributed by atoms with Crippen LogP contribution in [0.15, 0.2) is 18.2 Å². The van der Waals surface area contributed by atoms with Crippen molar-refractivity contribution < 1.29 is 4.39 Å². The van der Waals surface area contributed by atoms with E-state index < -0.39 is 0 Å². The molecule has 1 fully saturated rings. The number of nitrogens with zero attached hydrogens (tertiary/aromatic N) is 1. The van der Waals surface area contributed by atoms with Crippen LogP contribution in [0.2, 0.25) is 0 Å². The van der Waals surface area contributed by atoms with Crippen molar-refractivity contribution in [2.45, 2.75) is 39.7 Å². The maximum Gasteiger partial charge on any atom is 0.125 e. The molecule has 2 unspecified atom stereocenters. The second kappa shape index (κ2) is 6.38. The minimum atomic E-state index is -0.132. The monoisotopic (exact) mass is 264 g/mol. The van der Waals surface area contributed by atoms with Gasteiger partial charge < -0.3 is 10.2 Å². The van der Waals surface area contributed by atoms with Gasteiger partial charge in [0.2, 0.25) is 0 Å². The SMILES string of the molecule is CCC(C)C1CN(c2cc(C)cc(F)c2)CCCN1. The van der Waals surface area contributed by atoms with Crippen LogP contribution in [-0.2, 0) is 0 Å². The van der Waals surface area contributed by atoms with Crippen LogP contribution in [0.4, 0.5) is 10.1 Å². The molecule has 1 aromatic rings. The average Bonchev–Trinajstić information content (AvgIpc) is 2.62. The lowest BCUT2D eigenvalue weighted by atomic mass is 9.98. The maximum absolute atomic E-state index is 13.6. The fourth-order valence-corrected chi connectivity index (χ4v) is 2.75. The van der Waals surface area contributed by atoms with Crippen molar-refractivity contribution in [1.82, 2.24) is 5.32 Å². The normalized spacial score (nSPS) is 22.1. The molecule has 106 valence electrons. The lowest BCUT2D eigenvalue weighted by Crippen LogP contribution is -2.42. The highest BCUT2D eigenvalue weighted by molar-refractivity contribution is 5.49. The van der Waals surface area contributed by atoms with E-state index in [2.05, 4.69) is 30.1 Å². The van der Waals surface area contributed by atoms with Gasteiger partial charge >= 0.3 is 0 Å². The predicted octanol–water partition coefficient (Wildman–Crippen LogP) is 3.35. The van der Waals surface area contributed by atoms with Crippen LogP contribution < -0.4 is 10.2 Å². The van der Waals surface area contributed by atoms with Crippen LogP contribution in [0, 0.1) is 18.7 Å². The Labute approximate surface area is 116 Å². The molecule has 0 aliphatic carbocycles. The van der Waals surface area contributed by atoms with Crippen LogP contribution in [0.25, 0.3) is 0 Å². The summed E-state index contributed by atoms with van der Waals surface area (Å²) in [4.78, 5) is 2.33. The highest BCUT2D eigenvalue weighted by Crippen LogP contribution is 2.22. The van der Waals surface area contributed by atoms with Gasteiger partial charge in [-0.25, -0.2) is 4.39 Å². The Morgan fingerprint density at radius 3 is 2.89 bits per heavy atom. The highest BCUT2D eigenvalue weighted by Gasteiger charge is 2.22. The maximum atomic E-state index is 13.6. The Kier molecular flexibility index (Phi) is 4.81. The summed E-state index contributed by atoms with van der Waals surface area (Å²) in [5.41, 5.74) is 2.02. The lowest BCUT2D eigenvalue weighted by Gasteiger charge is -2.29. The van der Waals surface area contributed by atoms with E-state index in [1.165, 1.54) is 6.42 Å². The molecular formula is C16H25FN2. The molecule has 0 spiro atoms. The summed E-state index contributed by atoms with van der Waals surface area (Å²) in [6, 6.07) is 5.83. The topological polar surface area (TPSA) is 15.3 Å². The van der Waals surface area contributed by atoms with Crippen molar-refractivity contribution in [2.24, 2.45) is 5.92 Å². The van der Waals surface area contributed by atoms with Crippen molar-refractivity contribution >= 4 is 5.69 Å². The first-order chi connectivity index (χ1) is 9.10. The minimum absolute atomic E-state index is 0.132. The molecule has 2 nitrogen and oxygen atoms in total. The van der Waals surface area contributed by atoms with E-state index >= 15 is 0 Å². The number of nitrogens with one attached hydrogen (secondary N) is 1. The summed E-state index contributed by atoms with van der Waals surface area (Å²) in [5, 5.41) is 3.63. The van der Waals surface area contributed by atoms with Crippen LogP contribution in [0.1, 0.15) is 32.3 Å². The first kappa shape index (κ1) is 14.3. The summed E-state index contributed by atoms with van der Waals surface area (Å²) in [5.74, 6) is 0.516. The summed E-state index contributed by atoms with van der Waals surface area (Å²) in [7, 11) is 0. The van der Waals surface area contributed by atoms with E-state index in [-0.39, 0.29) is 5.82 Å². The van der Waals surface area contributed by atoms with E-state index in [9.17, 15) is 4.39 Å². The second-order valence-electron chi connectivity index (χ2n) is 5.73. The number of hydrogen-bond acceptors (Lipinski definition) is 2. The molecule has 1 saturated heterocycles. The molecule has 1 heterocycles. The van der Waals surface area contributed by atoms with Crippen LogP contribution in [-0.4, -0.2) is 25.7 Å². The van der Waals surface area contributed by atoms with Gasteiger partial charge in [-0.05, 0) is 49.6 Å². The molecule has 3 heteroatoms. The van der Waals surface area contributed by atoms with E-state index in [4.69, 9.17) is 0 Å². The van der Waals surface area contributed by atoms with Gasteiger partial charge in [0.05, 0.1) is 0 Å². The molecule has 0 saturated carbocycles. The van der Waals surface area contributed by atoms with E-state index in [1.54, 1.807) is 12.1 Å². The van der Waals surface area contributed by atoms with Crippen molar-refractivity contribution in [3.05, 3.63) is 29.6 Å². The Bertz CT molecular complexity index is 399. The number of anilines is 1. The van der Waals surface area contributed by atoms with Gasteiger partial charge in [0.1, 0.15) is 5.82 Å². The minimum Gasteiger partial charge on any atom is -0.370 e. The first-order valence-electron chi connectivity index (χ1n) is 7.35. The van der Waals surface area contributed by atoms with E-state index in [1.807, 2.05) is 6.92 Å². The molecule has 1 aliphatic heterocycles. The van der Waals surface area contributed by atoms with Gasteiger partial charge in [0, 0.05) is 24.8 Å². The standard InChI is InChI=1S/C16H25FN2/c1-4-13(3)16-11-19(7-5-6-18-16)15-9-12(2)8-14(17)10-15/h8-10,13,16,18H,4-7,11H2,1-3H3. The summed E-state index contributed by atoms with van der Waals surface area (Å²) < 4.78 is 13.6. The molecule has 0 radical (unpaired) electrons. The smallest absolute Gasteiger partial charge is 0.125 e. The van der Waals surface area contributed by atoms with E-state index in [0.29, 0.717) is 12.0 Å². The number of halogens is 1. The number of aryl methyl sites for hydroxylation is 1. The highest BCUT2D eigenvalue weighted by atomic mass is 19.1. The van der Waals surface area contributed by atoms with Gasteiger partial charge in [-0.3, -0.25) is 0 Å². The molecule has 1 aliphatic rings. The zero-order valence-corrected chi connectivity index (χ0v) is 12.2. The summed E-state index contributed by atoms with van der Waals surface area (Å²) in [6.45, 7) is 9.50. The molecule has 19 heavy (non-hydrogen) atoms. The average molecular weight is 264 g/mol. The summed E-state index contributed by atoms with van der Waals surface area (Å²) in [6.07, 6.45) is 2.29. The number of benzene rings is 1. The van der Waals surface area contributed by atoms with Gasteiger partial charge in [-0.2, -0.15) is 0 Å². The van der Waals surface area contributed by atoms with Crippen molar-refractivity contribution in [2.75, 3.05) is 24.5 Å².